The molecule has 5 rings (SSSR count). The van der Waals surface area contributed by atoms with E-state index in [1.807, 2.05) is 13.1 Å². The van der Waals surface area contributed by atoms with Crippen molar-refractivity contribution in [1.82, 2.24) is 14.8 Å². The SMILES string of the molecule is Cc1cnc(C2CN(Cc3ccccc3)CC23CN(C(=O)C2CCC2)C3)o1. The van der Waals surface area contributed by atoms with Crippen molar-refractivity contribution in [3.05, 3.63) is 53.7 Å². The number of rotatable bonds is 4. The summed E-state index contributed by atoms with van der Waals surface area (Å²) in [5, 5.41) is 0. The number of hydrogen-bond acceptors (Lipinski definition) is 4. The van der Waals surface area contributed by atoms with Crippen LogP contribution in [0.15, 0.2) is 40.9 Å². The van der Waals surface area contributed by atoms with Crippen molar-refractivity contribution in [3.63, 3.8) is 0 Å². The third kappa shape index (κ3) is 2.98. The normalized spacial score (nSPS) is 24.8. The Morgan fingerprint density at radius 1 is 1.22 bits per heavy atom. The van der Waals surface area contributed by atoms with Crippen LogP contribution in [0.2, 0.25) is 0 Å². The van der Waals surface area contributed by atoms with E-state index in [1.54, 1.807) is 0 Å². The minimum atomic E-state index is 0.0888. The lowest BCUT2D eigenvalue weighted by atomic mass is 9.70. The van der Waals surface area contributed by atoms with Gasteiger partial charge in [0, 0.05) is 44.1 Å². The molecule has 0 radical (unpaired) electrons. The molecule has 3 aliphatic rings. The summed E-state index contributed by atoms with van der Waals surface area (Å²) in [5.41, 5.74) is 1.42. The highest BCUT2D eigenvalue weighted by atomic mass is 16.4. The van der Waals surface area contributed by atoms with Gasteiger partial charge in [-0.3, -0.25) is 9.69 Å². The van der Waals surface area contributed by atoms with E-state index in [-0.39, 0.29) is 17.3 Å². The van der Waals surface area contributed by atoms with Crippen molar-refractivity contribution < 1.29 is 9.21 Å². The molecular formula is C22H27N3O2. The summed E-state index contributed by atoms with van der Waals surface area (Å²) in [7, 11) is 0. The third-order valence-corrected chi connectivity index (χ3v) is 6.68. The second kappa shape index (κ2) is 6.48. The number of carbonyl (C=O) groups excluding carboxylic acids is 1. The first kappa shape index (κ1) is 17.0. The second-order valence-corrected chi connectivity index (χ2v) is 8.70. The van der Waals surface area contributed by atoms with Gasteiger partial charge in [-0.2, -0.15) is 0 Å². The maximum atomic E-state index is 12.6. The molecule has 1 spiro atoms. The zero-order valence-electron chi connectivity index (χ0n) is 15.9. The quantitative estimate of drug-likeness (QED) is 0.835. The Hall–Kier alpha value is -2.14. The topological polar surface area (TPSA) is 49.6 Å². The van der Waals surface area contributed by atoms with Crippen molar-refractivity contribution in [2.24, 2.45) is 11.3 Å². The highest BCUT2D eigenvalue weighted by molar-refractivity contribution is 5.80. The fourth-order valence-corrected chi connectivity index (χ4v) is 5.01. The lowest BCUT2D eigenvalue weighted by molar-refractivity contribution is -0.151. The lowest BCUT2D eigenvalue weighted by Gasteiger charge is -2.52. The maximum Gasteiger partial charge on any atom is 0.225 e. The summed E-state index contributed by atoms with van der Waals surface area (Å²) in [4.78, 5) is 21.8. The minimum Gasteiger partial charge on any atom is -0.446 e. The summed E-state index contributed by atoms with van der Waals surface area (Å²) in [6.07, 6.45) is 5.17. The Balaban J connectivity index is 1.34. The molecule has 1 saturated carbocycles. The molecule has 3 heterocycles. The molecule has 0 N–H and O–H groups in total. The molecule has 0 bridgehead atoms. The van der Waals surface area contributed by atoms with Crippen LogP contribution in [0, 0.1) is 18.3 Å². The Kier molecular flexibility index (Phi) is 4.08. The van der Waals surface area contributed by atoms with Crippen LogP contribution in [-0.2, 0) is 11.3 Å². The van der Waals surface area contributed by atoms with Crippen LogP contribution in [0.3, 0.4) is 0 Å². The van der Waals surface area contributed by atoms with Gasteiger partial charge in [-0.15, -0.1) is 0 Å². The fourth-order valence-electron chi connectivity index (χ4n) is 5.01. The Bertz CT molecular complexity index is 821. The second-order valence-electron chi connectivity index (χ2n) is 8.70. The smallest absolute Gasteiger partial charge is 0.225 e. The average Bonchev–Trinajstić information content (AvgIpc) is 3.16. The highest BCUT2D eigenvalue weighted by Crippen LogP contribution is 2.50. The van der Waals surface area contributed by atoms with E-state index in [9.17, 15) is 4.79 Å². The standard InChI is InChI=1S/C22H27N3O2/c1-16-10-23-20(27-16)19-12-24(11-17-6-3-2-4-7-17)13-22(19)14-25(15-22)21(26)18-8-5-9-18/h2-4,6-7,10,18-19H,5,8-9,11-15H2,1H3. The molecule has 142 valence electrons. The first-order valence-corrected chi connectivity index (χ1v) is 10.1. The Morgan fingerprint density at radius 3 is 2.63 bits per heavy atom. The first-order valence-electron chi connectivity index (χ1n) is 10.1. The molecule has 2 aliphatic heterocycles. The summed E-state index contributed by atoms with van der Waals surface area (Å²) >= 11 is 0. The van der Waals surface area contributed by atoms with E-state index in [1.165, 1.54) is 12.0 Å². The molecule has 1 amide bonds. The number of benzene rings is 1. The van der Waals surface area contributed by atoms with E-state index >= 15 is 0 Å². The average molecular weight is 365 g/mol. The molecule has 1 aromatic heterocycles. The van der Waals surface area contributed by atoms with Crippen molar-refractivity contribution >= 4 is 5.91 Å². The summed E-state index contributed by atoms with van der Waals surface area (Å²) in [6, 6.07) is 10.6. The number of hydrogen-bond donors (Lipinski definition) is 0. The van der Waals surface area contributed by atoms with Crippen LogP contribution in [0.25, 0.3) is 0 Å². The van der Waals surface area contributed by atoms with Gasteiger partial charge in [0.1, 0.15) is 5.76 Å². The number of likely N-dealkylation sites (tertiary alicyclic amines) is 2. The van der Waals surface area contributed by atoms with Crippen LogP contribution in [0.5, 0.6) is 0 Å². The molecule has 2 aromatic rings. The molecule has 1 aliphatic carbocycles. The highest BCUT2D eigenvalue weighted by Gasteiger charge is 2.57. The van der Waals surface area contributed by atoms with Crippen LogP contribution in [0.4, 0.5) is 0 Å². The van der Waals surface area contributed by atoms with Gasteiger partial charge >= 0.3 is 0 Å². The van der Waals surface area contributed by atoms with Gasteiger partial charge in [-0.1, -0.05) is 36.8 Å². The van der Waals surface area contributed by atoms with E-state index in [0.29, 0.717) is 5.91 Å². The van der Waals surface area contributed by atoms with Crippen molar-refractivity contribution in [3.8, 4) is 0 Å². The Morgan fingerprint density at radius 2 is 2.00 bits per heavy atom. The number of nitrogens with zero attached hydrogens (tertiary/aromatic N) is 3. The van der Waals surface area contributed by atoms with Crippen molar-refractivity contribution in [2.75, 3.05) is 26.2 Å². The van der Waals surface area contributed by atoms with Crippen LogP contribution in [0.1, 0.15) is 42.4 Å². The zero-order valence-corrected chi connectivity index (χ0v) is 15.9. The van der Waals surface area contributed by atoms with Crippen LogP contribution in [-0.4, -0.2) is 46.9 Å². The van der Waals surface area contributed by atoms with Gasteiger partial charge in [0.2, 0.25) is 5.91 Å². The minimum absolute atomic E-state index is 0.0888. The summed E-state index contributed by atoms with van der Waals surface area (Å²) < 4.78 is 5.93. The van der Waals surface area contributed by atoms with Gasteiger partial charge in [0.05, 0.1) is 12.1 Å². The fraction of sp³-hybridized carbons (Fsp3) is 0.545. The van der Waals surface area contributed by atoms with Crippen molar-refractivity contribution in [2.45, 2.75) is 38.6 Å². The molecule has 27 heavy (non-hydrogen) atoms. The predicted octanol–water partition coefficient (Wildman–Crippen LogP) is 3.21. The number of amides is 1. The molecule has 5 heteroatoms. The molecule has 1 unspecified atom stereocenters. The predicted molar refractivity (Wildman–Crippen MR) is 102 cm³/mol. The number of oxazole rings is 1. The third-order valence-electron chi connectivity index (χ3n) is 6.68. The van der Waals surface area contributed by atoms with E-state index in [4.69, 9.17) is 4.42 Å². The largest absolute Gasteiger partial charge is 0.446 e. The first-order chi connectivity index (χ1) is 13.1. The van der Waals surface area contributed by atoms with Gasteiger partial charge in [-0.05, 0) is 25.3 Å². The zero-order chi connectivity index (χ0) is 18.4. The van der Waals surface area contributed by atoms with Gasteiger partial charge in [0.15, 0.2) is 5.89 Å². The van der Waals surface area contributed by atoms with E-state index < -0.39 is 0 Å². The Labute approximate surface area is 160 Å². The molecule has 2 saturated heterocycles. The molecule has 5 nitrogen and oxygen atoms in total. The van der Waals surface area contributed by atoms with Crippen molar-refractivity contribution in [1.29, 1.82) is 0 Å². The summed E-state index contributed by atoms with van der Waals surface area (Å²) in [6.45, 7) is 6.53. The maximum absolute atomic E-state index is 12.6. The monoisotopic (exact) mass is 365 g/mol. The number of carbonyl (C=O) groups is 1. The van der Waals surface area contributed by atoms with Crippen LogP contribution >= 0.6 is 0 Å². The molecular weight excluding hydrogens is 338 g/mol. The number of aryl methyl sites for hydroxylation is 1. The van der Waals surface area contributed by atoms with Gasteiger partial charge in [-0.25, -0.2) is 4.98 Å². The molecule has 1 aromatic carbocycles. The van der Waals surface area contributed by atoms with Gasteiger partial charge < -0.3 is 9.32 Å². The number of aromatic nitrogens is 1. The van der Waals surface area contributed by atoms with Crippen LogP contribution < -0.4 is 0 Å². The van der Waals surface area contributed by atoms with E-state index in [2.05, 4.69) is 45.1 Å². The lowest BCUT2D eigenvalue weighted by Crippen LogP contribution is -2.63. The molecule has 3 fully saturated rings. The van der Waals surface area contributed by atoms with E-state index in [0.717, 1.165) is 57.2 Å². The molecule has 1 atom stereocenters. The van der Waals surface area contributed by atoms with Gasteiger partial charge in [0.25, 0.3) is 0 Å². The summed E-state index contributed by atoms with van der Waals surface area (Å²) in [5.74, 6) is 2.63.